The Balaban J connectivity index is 2.76. The number of nitrogens with two attached hydrogens (primary N) is 1. The van der Waals surface area contributed by atoms with Crippen LogP contribution in [0.1, 0.15) is 26.2 Å². The summed E-state index contributed by atoms with van der Waals surface area (Å²) in [5, 5.41) is 0. The van der Waals surface area contributed by atoms with Crippen molar-refractivity contribution in [2.75, 3.05) is 32.6 Å². The Hall–Kier alpha value is -0.170. The summed E-state index contributed by atoms with van der Waals surface area (Å²) in [6.45, 7) is 3.23. The summed E-state index contributed by atoms with van der Waals surface area (Å²) in [6, 6.07) is 0.0897. The summed E-state index contributed by atoms with van der Waals surface area (Å²) in [4.78, 5) is 0. The summed E-state index contributed by atoms with van der Waals surface area (Å²) in [6.07, 6.45) is 3.04. The van der Waals surface area contributed by atoms with Crippen molar-refractivity contribution in [3.8, 4) is 0 Å². The molecule has 0 aromatic carbocycles. The van der Waals surface area contributed by atoms with Gasteiger partial charge in [-0.2, -0.15) is 4.31 Å². The van der Waals surface area contributed by atoms with E-state index < -0.39 is 10.0 Å². The van der Waals surface area contributed by atoms with Crippen molar-refractivity contribution in [1.82, 2.24) is 4.31 Å². The lowest BCUT2D eigenvalue weighted by Crippen LogP contribution is -2.45. The zero-order valence-corrected chi connectivity index (χ0v) is 11.6. The van der Waals surface area contributed by atoms with Gasteiger partial charge in [-0.05, 0) is 25.3 Å². The van der Waals surface area contributed by atoms with Gasteiger partial charge in [0.15, 0.2) is 0 Å². The Labute approximate surface area is 104 Å². The molecule has 0 saturated heterocycles. The fourth-order valence-corrected chi connectivity index (χ4v) is 4.31. The van der Waals surface area contributed by atoms with E-state index in [1.165, 1.54) is 7.11 Å². The Kier molecular flexibility index (Phi) is 5.85. The van der Waals surface area contributed by atoms with Gasteiger partial charge in [0.25, 0.3) is 0 Å². The summed E-state index contributed by atoms with van der Waals surface area (Å²) in [5.74, 6) is 0.373. The highest BCUT2D eigenvalue weighted by Crippen LogP contribution is 2.30. The van der Waals surface area contributed by atoms with Crippen molar-refractivity contribution in [1.29, 1.82) is 0 Å². The van der Waals surface area contributed by atoms with Gasteiger partial charge in [0.2, 0.25) is 10.0 Å². The Morgan fingerprint density at radius 2 is 2.12 bits per heavy atom. The topological polar surface area (TPSA) is 72.6 Å². The molecule has 1 rings (SSSR count). The fraction of sp³-hybridized carbons (Fsp3) is 1.00. The van der Waals surface area contributed by atoms with E-state index in [-0.39, 0.29) is 18.4 Å². The van der Waals surface area contributed by atoms with Gasteiger partial charge in [0.05, 0.1) is 12.4 Å². The molecule has 102 valence electrons. The maximum absolute atomic E-state index is 12.2. The predicted octanol–water partition coefficient (Wildman–Crippen LogP) is 0.412. The van der Waals surface area contributed by atoms with Crippen LogP contribution < -0.4 is 5.73 Å². The van der Waals surface area contributed by atoms with Crippen LogP contribution in [0.4, 0.5) is 0 Å². The van der Waals surface area contributed by atoms with Crippen LogP contribution in [0.3, 0.4) is 0 Å². The molecule has 0 aromatic heterocycles. The van der Waals surface area contributed by atoms with Crippen LogP contribution in [-0.4, -0.2) is 51.3 Å². The molecule has 2 unspecified atom stereocenters. The molecule has 0 bridgehead atoms. The van der Waals surface area contributed by atoms with E-state index in [0.717, 1.165) is 19.3 Å². The Morgan fingerprint density at radius 1 is 1.41 bits per heavy atom. The van der Waals surface area contributed by atoms with Gasteiger partial charge in [-0.15, -0.1) is 0 Å². The minimum Gasteiger partial charge on any atom is -0.384 e. The van der Waals surface area contributed by atoms with Crippen molar-refractivity contribution in [2.24, 2.45) is 11.7 Å². The molecule has 0 heterocycles. The molecule has 1 aliphatic carbocycles. The zero-order valence-electron chi connectivity index (χ0n) is 10.8. The first-order valence-electron chi connectivity index (χ1n) is 6.25. The third kappa shape index (κ3) is 3.64. The highest BCUT2D eigenvalue weighted by Gasteiger charge is 2.36. The largest absolute Gasteiger partial charge is 0.384 e. The molecule has 5 nitrogen and oxygen atoms in total. The molecule has 6 heteroatoms. The Bertz CT molecular complexity index is 319. The van der Waals surface area contributed by atoms with Gasteiger partial charge >= 0.3 is 0 Å². The maximum Gasteiger partial charge on any atom is 0.216 e. The second-order valence-corrected chi connectivity index (χ2v) is 6.55. The first kappa shape index (κ1) is 14.9. The molecular weight excluding hydrogens is 240 g/mol. The van der Waals surface area contributed by atoms with Crippen LogP contribution in [0.15, 0.2) is 0 Å². The van der Waals surface area contributed by atoms with Crippen LogP contribution in [0.25, 0.3) is 0 Å². The molecule has 1 saturated carbocycles. The van der Waals surface area contributed by atoms with E-state index in [9.17, 15) is 8.42 Å². The van der Waals surface area contributed by atoms with Crippen molar-refractivity contribution < 1.29 is 13.2 Å². The van der Waals surface area contributed by atoms with E-state index in [4.69, 9.17) is 10.5 Å². The van der Waals surface area contributed by atoms with Gasteiger partial charge in [-0.3, -0.25) is 0 Å². The van der Waals surface area contributed by atoms with E-state index in [1.54, 1.807) is 4.31 Å². The molecule has 0 aromatic rings. The van der Waals surface area contributed by atoms with E-state index >= 15 is 0 Å². The molecule has 2 atom stereocenters. The highest BCUT2D eigenvalue weighted by atomic mass is 32.2. The SMILES string of the molecule is CCN(C1CCCC1CN)S(=O)(=O)CCOC. The van der Waals surface area contributed by atoms with Crippen LogP contribution in [0, 0.1) is 5.92 Å². The first-order valence-corrected chi connectivity index (χ1v) is 7.86. The zero-order chi connectivity index (χ0) is 12.9. The second-order valence-electron chi connectivity index (χ2n) is 4.51. The third-order valence-electron chi connectivity index (χ3n) is 3.51. The fourth-order valence-electron chi connectivity index (χ4n) is 2.61. The quantitative estimate of drug-likeness (QED) is 0.723. The minimum atomic E-state index is -3.21. The Morgan fingerprint density at radius 3 is 2.65 bits per heavy atom. The lowest BCUT2D eigenvalue weighted by atomic mass is 10.0. The van der Waals surface area contributed by atoms with Gasteiger partial charge < -0.3 is 10.5 Å². The van der Waals surface area contributed by atoms with Crippen molar-refractivity contribution in [2.45, 2.75) is 32.2 Å². The van der Waals surface area contributed by atoms with Crippen LogP contribution in [0.2, 0.25) is 0 Å². The van der Waals surface area contributed by atoms with E-state index in [1.807, 2.05) is 6.92 Å². The molecule has 17 heavy (non-hydrogen) atoms. The van der Waals surface area contributed by atoms with Gasteiger partial charge in [0.1, 0.15) is 0 Å². The van der Waals surface area contributed by atoms with Gasteiger partial charge in [0, 0.05) is 19.7 Å². The lowest BCUT2D eigenvalue weighted by molar-refractivity contribution is 0.212. The molecule has 1 fully saturated rings. The van der Waals surface area contributed by atoms with Crippen LogP contribution in [0.5, 0.6) is 0 Å². The predicted molar refractivity (Wildman–Crippen MR) is 68.2 cm³/mol. The number of hydrogen-bond acceptors (Lipinski definition) is 4. The van der Waals surface area contributed by atoms with E-state index in [0.29, 0.717) is 19.0 Å². The average Bonchev–Trinajstić information content (AvgIpc) is 2.75. The summed E-state index contributed by atoms with van der Waals surface area (Å²) < 4.78 is 30.8. The maximum atomic E-state index is 12.2. The monoisotopic (exact) mass is 264 g/mol. The van der Waals surface area contributed by atoms with Crippen LogP contribution in [-0.2, 0) is 14.8 Å². The number of hydrogen-bond donors (Lipinski definition) is 1. The summed E-state index contributed by atoms with van der Waals surface area (Å²) >= 11 is 0. The second kappa shape index (κ2) is 6.68. The van der Waals surface area contributed by atoms with Gasteiger partial charge in [-0.1, -0.05) is 13.3 Å². The lowest BCUT2D eigenvalue weighted by Gasteiger charge is -2.30. The molecule has 0 amide bonds. The van der Waals surface area contributed by atoms with E-state index in [2.05, 4.69) is 0 Å². The third-order valence-corrected chi connectivity index (χ3v) is 5.43. The van der Waals surface area contributed by atoms with Crippen molar-refractivity contribution in [3.05, 3.63) is 0 Å². The number of rotatable bonds is 7. The highest BCUT2D eigenvalue weighted by molar-refractivity contribution is 7.89. The molecule has 0 aliphatic heterocycles. The number of sulfonamides is 1. The normalized spacial score (nSPS) is 25.6. The molecule has 0 spiro atoms. The standard InChI is InChI=1S/C11H24N2O3S/c1-3-13(17(14,15)8-7-16-2)11-6-4-5-10(11)9-12/h10-11H,3-9,12H2,1-2H3. The number of ether oxygens (including phenoxy) is 1. The summed E-state index contributed by atoms with van der Waals surface area (Å²) in [5.41, 5.74) is 5.71. The average molecular weight is 264 g/mol. The molecule has 2 N–H and O–H groups in total. The van der Waals surface area contributed by atoms with Crippen molar-refractivity contribution >= 4 is 10.0 Å². The van der Waals surface area contributed by atoms with Crippen molar-refractivity contribution in [3.63, 3.8) is 0 Å². The summed E-state index contributed by atoms with van der Waals surface area (Å²) in [7, 11) is -1.69. The molecular formula is C11H24N2O3S. The molecule has 1 aliphatic rings. The first-order chi connectivity index (χ1) is 8.06. The van der Waals surface area contributed by atoms with Crippen LogP contribution >= 0.6 is 0 Å². The smallest absolute Gasteiger partial charge is 0.216 e. The number of nitrogens with zero attached hydrogens (tertiary/aromatic N) is 1. The minimum absolute atomic E-state index is 0.0606. The molecule has 0 radical (unpaired) electrons. The number of methoxy groups -OCH3 is 1. The van der Waals surface area contributed by atoms with Gasteiger partial charge in [-0.25, -0.2) is 8.42 Å².